The second-order valence-corrected chi connectivity index (χ2v) is 4.53. The maximum absolute atomic E-state index is 12.5. The molecule has 0 heterocycles. The number of hydrogen-bond donors (Lipinski definition) is 1. The summed E-state index contributed by atoms with van der Waals surface area (Å²) >= 11 is 7.98. The van der Waals surface area contributed by atoms with Crippen LogP contribution >= 0.6 is 27.5 Å². The molecule has 0 aliphatic rings. The molecule has 0 bridgehead atoms. The lowest BCUT2D eigenvalue weighted by atomic mass is 9.92. The van der Waals surface area contributed by atoms with Gasteiger partial charge in [-0.05, 0) is 12.1 Å². The summed E-state index contributed by atoms with van der Waals surface area (Å²) in [7, 11) is 0. The third kappa shape index (κ3) is 2.60. The van der Waals surface area contributed by atoms with Crippen LogP contribution in [0, 0.1) is 6.07 Å². The number of rotatable bonds is 1. The average molecular weight is 356 g/mol. The summed E-state index contributed by atoms with van der Waals surface area (Å²) in [6.07, 6.45) is -11.9. The monoisotopic (exact) mass is 355 g/mol. The van der Waals surface area contributed by atoms with Crippen LogP contribution in [0.5, 0.6) is 0 Å². The van der Waals surface area contributed by atoms with E-state index in [-0.39, 0.29) is 4.47 Å². The van der Waals surface area contributed by atoms with Gasteiger partial charge in [-0.1, -0.05) is 27.5 Å². The van der Waals surface area contributed by atoms with Crippen molar-refractivity contribution in [2.75, 3.05) is 0 Å². The van der Waals surface area contributed by atoms with E-state index in [0.717, 1.165) is 0 Å². The van der Waals surface area contributed by atoms with E-state index in [1.807, 2.05) is 0 Å². The van der Waals surface area contributed by atoms with Crippen LogP contribution < -0.4 is 0 Å². The second kappa shape index (κ2) is 4.57. The molecule has 0 fully saturated rings. The third-order valence-electron chi connectivity index (χ3n) is 2.04. The fourth-order valence-corrected chi connectivity index (χ4v) is 1.99. The molecule has 0 amide bonds. The number of hydrogen-bond acceptors (Lipinski definition) is 1. The van der Waals surface area contributed by atoms with E-state index in [0.29, 0.717) is 12.1 Å². The molecule has 1 rings (SSSR count). The first kappa shape index (κ1) is 15.6. The molecule has 0 aliphatic heterocycles. The highest BCUT2D eigenvalue weighted by molar-refractivity contribution is 9.10. The Morgan fingerprint density at radius 1 is 1.06 bits per heavy atom. The summed E-state index contributed by atoms with van der Waals surface area (Å²) in [4.78, 5) is 0. The summed E-state index contributed by atoms with van der Waals surface area (Å²) in [6, 6.07) is 3.03. The minimum atomic E-state index is -5.94. The largest absolute Gasteiger partial charge is 0.430 e. The van der Waals surface area contributed by atoms with Crippen LogP contribution in [-0.2, 0) is 5.60 Å². The first-order valence-corrected chi connectivity index (χ1v) is 5.31. The molecule has 0 aliphatic carbocycles. The molecule has 101 valence electrons. The summed E-state index contributed by atoms with van der Waals surface area (Å²) in [5, 5.41) is 8.57. The van der Waals surface area contributed by atoms with Crippen LogP contribution in [-0.4, -0.2) is 17.5 Å². The van der Waals surface area contributed by atoms with Gasteiger partial charge in [-0.15, -0.1) is 0 Å². The van der Waals surface area contributed by atoms with Gasteiger partial charge in [0, 0.05) is 16.1 Å². The predicted octanol–water partition coefficient (Wildman–Crippen LogP) is 4.21. The summed E-state index contributed by atoms with van der Waals surface area (Å²) in [5.74, 6) is 0. The smallest absolute Gasteiger partial charge is 0.369 e. The Labute approximate surface area is 110 Å². The minimum absolute atomic E-state index is 0.239. The normalized spacial score (nSPS) is 13.8. The zero-order valence-corrected chi connectivity index (χ0v) is 10.5. The van der Waals surface area contributed by atoms with Gasteiger partial charge in [-0.3, -0.25) is 0 Å². The van der Waals surface area contributed by atoms with Crippen LogP contribution in [0.2, 0.25) is 5.02 Å². The number of halogens is 8. The third-order valence-corrected chi connectivity index (χ3v) is 2.67. The lowest BCUT2D eigenvalue weighted by Gasteiger charge is -2.32. The Hall–Kier alpha value is -0.470. The Bertz CT molecular complexity index is 421. The van der Waals surface area contributed by atoms with Crippen molar-refractivity contribution in [3.8, 4) is 0 Å². The van der Waals surface area contributed by atoms with Crippen molar-refractivity contribution in [3.63, 3.8) is 0 Å². The van der Waals surface area contributed by atoms with Gasteiger partial charge in [0.2, 0.25) is 0 Å². The molecule has 18 heavy (non-hydrogen) atoms. The van der Waals surface area contributed by atoms with Gasteiger partial charge in [0.05, 0.1) is 5.02 Å². The van der Waals surface area contributed by atoms with E-state index in [4.69, 9.17) is 16.7 Å². The fourth-order valence-electron chi connectivity index (χ4n) is 1.20. The van der Waals surface area contributed by atoms with E-state index < -0.39 is 28.5 Å². The van der Waals surface area contributed by atoms with Gasteiger partial charge in [-0.2, -0.15) is 26.3 Å². The lowest BCUT2D eigenvalue weighted by molar-refractivity contribution is -0.376. The highest BCUT2D eigenvalue weighted by Gasteiger charge is 2.71. The maximum atomic E-state index is 12.5. The molecule has 1 N–H and O–H groups in total. The van der Waals surface area contributed by atoms with E-state index in [9.17, 15) is 26.3 Å². The SMILES string of the molecule is OC(c1cc(Cl)[c]c(Br)c1)(C(F)(F)F)C(F)(F)F. The standard InChI is InChI=1S/C9H3BrClF6O/c10-5-1-4(2-6(11)3-5)7(18,8(12,13)14)9(15,16)17/h1-2,18H. The van der Waals surface area contributed by atoms with Gasteiger partial charge in [0.25, 0.3) is 5.60 Å². The Morgan fingerprint density at radius 3 is 1.83 bits per heavy atom. The van der Waals surface area contributed by atoms with Gasteiger partial charge < -0.3 is 5.11 Å². The lowest BCUT2D eigenvalue weighted by Crippen LogP contribution is -2.53. The van der Waals surface area contributed by atoms with Gasteiger partial charge in [0.1, 0.15) is 0 Å². The number of alkyl halides is 6. The molecule has 1 nitrogen and oxygen atoms in total. The maximum Gasteiger partial charge on any atom is 0.430 e. The molecule has 1 radical (unpaired) electrons. The highest BCUT2D eigenvalue weighted by atomic mass is 79.9. The van der Waals surface area contributed by atoms with Crippen LogP contribution in [0.15, 0.2) is 16.6 Å². The fraction of sp³-hybridized carbons (Fsp3) is 0.333. The van der Waals surface area contributed by atoms with Crippen molar-refractivity contribution in [3.05, 3.63) is 33.3 Å². The molecular weight excluding hydrogens is 353 g/mol. The van der Waals surface area contributed by atoms with Crippen LogP contribution in [0.3, 0.4) is 0 Å². The molecule has 0 saturated carbocycles. The van der Waals surface area contributed by atoms with E-state index in [1.165, 1.54) is 0 Å². The zero-order chi connectivity index (χ0) is 14.4. The van der Waals surface area contributed by atoms with Crippen molar-refractivity contribution in [2.24, 2.45) is 0 Å². The number of aliphatic hydroxyl groups is 1. The Morgan fingerprint density at radius 2 is 1.50 bits per heavy atom. The predicted molar refractivity (Wildman–Crippen MR) is 54.0 cm³/mol. The van der Waals surface area contributed by atoms with Crippen LogP contribution in [0.25, 0.3) is 0 Å². The number of benzene rings is 1. The Kier molecular flexibility index (Phi) is 3.96. The summed E-state index contributed by atoms with van der Waals surface area (Å²) < 4.78 is 74.8. The summed E-state index contributed by atoms with van der Waals surface area (Å²) in [5.41, 5.74) is -6.42. The van der Waals surface area contributed by atoms with E-state index >= 15 is 0 Å². The van der Waals surface area contributed by atoms with Crippen molar-refractivity contribution in [1.82, 2.24) is 0 Å². The molecule has 1 aromatic carbocycles. The molecule has 0 atom stereocenters. The van der Waals surface area contributed by atoms with Crippen molar-refractivity contribution < 1.29 is 31.4 Å². The van der Waals surface area contributed by atoms with Crippen LogP contribution in [0.1, 0.15) is 5.56 Å². The molecule has 0 aromatic heterocycles. The van der Waals surface area contributed by atoms with E-state index in [2.05, 4.69) is 22.0 Å². The Balaban J connectivity index is 3.55. The topological polar surface area (TPSA) is 20.2 Å². The average Bonchev–Trinajstić information content (AvgIpc) is 2.11. The van der Waals surface area contributed by atoms with Gasteiger partial charge in [0.15, 0.2) is 0 Å². The summed E-state index contributed by atoms with van der Waals surface area (Å²) in [6.45, 7) is 0. The zero-order valence-electron chi connectivity index (χ0n) is 8.13. The van der Waals surface area contributed by atoms with Crippen molar-refractivity contribution in [2.45, 2.75) is 18.0 Å². The molecule has 0 saturated heterocycles. The van der Waals surface area contributed by atoms with Crippen LogP contribution in [0.4, 0.5) is 26.3 Å². The molecule has 9 heteroatoms. The molecule has 0 unspecified atom stereocenters. The second-order valence-electron chi connectivity index (χ2n) is 3.27. The first-order chi connectivity index (χ1) is 7.89. The molecule has 1 aromatic rings. The van der Waals surface area contributed by atoms with E-state index in [1.54, 1.807) is 0 Å². The first-order valence-electron chi connectivity index (χ1n) is 4.14. The quantitative estimate of drug-likeness (QED) is 0.747. The van der Waals surface area contributed by atoms with Gasteiger partial charge >= 0.3 is 12.4 Å². The van der Waals surface area contributed by atoms with Crippen molar-refractivity contribution >= 4 is 27.5 Å². The minimum Gasteiger partial charge on any atom is -0.369 e. The van der Waals surface area contributed by atoms with Crippen molar-refractivity contribution in [1.29, 1.82) is 0 Å². The van der Waals surface area contributed by atoms with Gasteiger partial charge in [-0.25, -0.2) is 0 Å². The highest BCUT2D eigenvalue weighted by Crippen LogP contribution is 2.50. The molecule has 0 spiro atoms. The molecular formula is C9H3BrClF6O.